The van der Waals surface area contributed by atoms with Gasteiger partial charge in [0.15, 0.2) is 23.8 Å². The van der Waals surface area contributed by atoms with Gasteiger partial charge in [0.05, 0.1) is 19.2 Å². The van der Waals surface area contributed by atoms with Crippen LogP contribution in [0.25, 0.3) is 10.9 Å². The highest BCUT2D eigenvalue weighted by atomic mass is 16.5. The molecule has 1 N–H and O–H groups in total. The molecule has 36 heavy (non-hydrogen) atoms. The van der Waals surface area contributed by atoms with Crippen LogP contribution in [0.4, 0.5) is 5.69 Å². The molecule has 8 heteroatoms. The van der Waals surface area contributed by atoms with Gasteiger partial charge in [-0.2, -0.15) is 0 Å². The molecule has 0 radical (unpaired) electrons. The Morgan fingerprint density at radius 1 is 1.17 bits per heavy atom. The summed E-state index contributed by atoms with van der Waals surface area (Å²) in [6.07, 6.45) is 5.93. The van der Waals surface area contributed by atoms with E-state index in [4.69, 9.17) is 14.2 Å². The van der Waals surface area contributed by atoms with E-state index in [2.05, 4.69) is 16.8 Å². The molecule has 2 aromatic carbocycles. The van der Waals surface area contributed by atoms with E-state index in [9.17, 15) is 9.90 Å². The molecule has 0 aliphatic heterocycles. The van der Waals surface area contributed by atoms with Gasteiger partial charge in [0, 0.05) is 11.9 Å². The first-order valence-corrected chi connectivity index (χ1v) is 11.6. The number of fused-ring (bicyclic) bond motifs is 1. The van der Waals surface area contributed by atoms with Crippen LogP contribution in [0.15, 0.2) is 95.1 Å². The molecule has 0 unspecified atom stereocenters. The van der Waals surface area contributed by atoms with Crippen molar-refractivity contribution >= 4 is 22.5 Å². The molecule has 0 fully saturated rings. The standard InChI is InChI=1S/C28H31N3O5/c1-5-24(34-4)25(35-6-2)16-9-10-17-31-23-15-8-7-14-22(23)27(28(31)33)30-29-26(32)19-36-21-13-11-12-20(3)18-21/h5,7-9,11-16,18,33H,1,6,10,17,19H2,2-4H3/b16-9-,25-24-,30-29?. The first kappa shape index (κ1) is 26.3. The van der Waals surface area contributed by atoms with E-state index in [-0.39, 0.29) is 18.2 Å². The van der Waals surface area contributed by atoms with E-state index in [1.165, 1.54) is 0 Å². The van der Waals surface area contributed by atoms with Gasteiger partial charge in [-0.3, -0.25) is 4.79 Å². The fourth-order valence-electron chi connectivity index (χ4n) is 3.62. The molecule has 0 aliphatic carbocycles. The number of carbonyl (C=O) groups is 1. The molecule has 0 atom stereocenters. The Balaban J connectivity index is 1.74. The number of aromatic hydroxyl groups is 1. The molecule has 188 valence electrons. The largest absolute Gasteiger partial charge is 0.493 e. The summed E-state index contributed by atoms with van der Waals surface area (Å²) >= 11 is 0. The Hall–Kier alpha value is -4.33. The highest BCUT2D eigenvalue weighted by Crippen LogP contribution is 2.39. The van der Waals surface area contributed by atoms with Crippen LogP contribution in [0, 0.1) is 6.92 Å². The first-order valence-electron chi connectivity index (χ1n) is 11.6. The van der Waals surface area contributed by atoms with Gasteiger partial charge in [0.1, 0.15) is 5.75 Å². The summed E-state index contributed by atoms with van der Waals surface area (Å²) in [5.74, 6) is 1.09. The van der Waals surface area contributed by atoms with Gasteiger partial charge in [-0.1, -0.05) is 43.0 Å². The van der Waals surface area contributed by atoms with Crippen molar-refractivity contribution in [2.45, 2.75) is 26.8 Å². The number of benzene rings is 2. The third-order valence-corrected chi connectivity index (χ3v) is 5.27. The Kier molecular flexibility index (Phi) is 9.45. The summed E-state index contributed by atoms with van der Waals surface area (Å²) in [5, 5.41) is 19.4. The summed E-state index contributed by atoms with van der Waals surface area (Å²) in [5.41, 5.74) is 2.05. The van der Waals surface area contributed by atoms with E-state index in [0.717, 1.165) is 11.1 Å². The summed E-state index contributed by atoms with van der Waals surface area (Å²) in [7, 11) is 1.56. The number of amides is 1. The molecular weight excluding hydrogens is 458 g/mol. The van der Waals surface area contributed by atoms with Crippen LogP contribution in [0.5, 0.6) is 11.6 Å². The number of allylic oxidation sites excluding steroid dienone is 3. The van der Waals surface area contributed by atoms with E-state index in [1.807, 2.05) is 68.5 Å². The average Bonchev–Trinajstić information content (AvgIpc) is 3.15. The molecule has 0 aliphatic rings. The van der Waals surface area contributed by atoms with Crippen molar-refractivity contribution in [3.63, 3.8) is 0 Å². The minimum atomic E-state index is -0.554. The quantitative estimate of drug-likeness (QED) is 0.181. The van der Waals surface area contributed by atoms with Crippen LogP contribution in [-0.2, 0) is 20.8 Å². The number of rotatable bonds is 12. The maximum Gasteiger partial charge on any atom is 0.302 e. The second-order valence-electron chi connectivity index (χ2n) is 7.80. The summed E-state index contributed by atoms with van der Waals surface area (Å²) < 4.78 is 18.1. The van der Waals surface area contributed by atoms with Gasteiger partial charge in [-0.05, 0) is 56.2 Å². The zero-order valence-electron chi connectivity index (χ0n) is 20.8. The highest BCUT2D eigenvalue weighted by Gasteiger charge is 2.16. The number of ether oxygens (including phenoxy) is 3. The minimum absolute atomic E-state index is 0.0648. The Morgan fingerprint density at radius 2 is 1.97 bits per heavy atom. The Morgan fingerprint density at radius 3 is 2.69 bits per heavy atom. The number of hydrogen-bond donors (Lipinski definition) is 1. The van der Waals surface area contributed by atoms with Crippen molar-refractivity contribution < 1.29 is 24.1 Å². The second-order valence-corrected chi connectivity index (χ2v) is 7.80. The number of aromatic nitrogens is 1. The molecule has 1 amide bonds. The Labute approximate surface area is 210 Å². The lowest BCUT2D eigenvalue weighted by atomic mass is 10.2. The predicted octanol–water partition coefficient (Wildman–Crippen LogP) is 6.37. The van der Waals surface area contributed by atoms with Crippen LogP contribution >= 0.6 is 0 Å². The van der Waals surface area contributed by atoms with Gasteiger partial charge >= 0.3 is 5.91 Å². The molecule has 3 aromatic rings. The lowest BCUT2D eigenvalue weighted by Gasteiger charge is -2.09. The van der Waals surface area contributed by atoms with E-state index in [1.54, 1.807) is 23.8 Å². The van der Waals surface area contributed by atoms with Crippen molar-refractivity contribution in [2.75, 3.05) is 20.3 Å². The van der Waals surface area contributed by atoms with Crippen molar-refractivity contribution in [1.29, 1.82) is 0 Å². The number of methoxy groups -OCH3 is 1. The number of azo groups is 1. The van der Waals surface area contributed by atoms with E-state index in [0.29, 0.717) is 42.2 Å². The second kappa shape index (κ2) is 12.9. The molecule has 1 aromatic heterocycles. The molecule has 0 saturated heterocycles. The topological polar surface area (TPSA) is 94.6 Å². The maximum absolute atomic E-state index is 12.2. The predicted molar refractivity (Wildman–Crippen MR) is 139 cm³/mol. The van der Waals surface area contributed by atoms with Crippen LogP contribution in [0.2, 0.25) is 0 Å². The smallest absolute Gasteiger partial charge is 0.302 e. The monoisotopic (exact) mass is 489 g/mol. The van der Waals surface area contributed by atoms with Crippen LogP contribution in [0.1, 0.15) is 18.9 Å². The molecule has 0 saturated carbocycles. The van der Waals surface area contributed by atoms with Crippen molar-refractivity contribution in [2.24, 2.45) is 10.2 Å². The minimum Gasteiger partial charge on any atom is -0.493 e. The zero-order valence-corrected chi connectivity index (χ0v) is 20.8. The average molecular weight is 490 g/mol. The lowest BCUT2D eigenvalue weighted by molar-refractivity contribution is -0.120. The normalized spacial score (nSPS) is 12.2. The number of carbonyl (C=O) groups excluding carboxylic acids is 1. The third-order valence-electron chi connectivity index (χ3n) is 5.27. The summed E-state index contributed by atoms with van der Waals surface area (Å²) in [6, 6.07) is 14.8. The van der Waals surface area contributed by atoms with Crippen LogP contribution in [-0.4, -0.2) is 35.9 Å². The molecular formula is C28H31N3O5. The van der Waals surface area contributed by atoms with Crippen LogP contribution in [0.3, 0.4) is 0 Å². The molecule has 3 rings (SSSR count). The first-order chi connectivity index (χ1) is 17.5. The molecule has 1 heterocycles. The van der Waals surface area contributed by atoms with Gasteiger partial charge in [0.2, 0.25) is 5.88 Å². The fourth-order valence-corrected chi connectivity index (χ4v) is 3.62. The number of aryl methyl sites for hydroxylation is 2. The summed E-state index contributed by atoms with van der Waals surface area (Å²) in [6.45, 7) is 8.28. The van der Waals surface area contributed by atoms with E-state index >= 15 is 0 Å². The van der Waals surface area contributed by atoms with Gasteiger partial charge in [-0.25, -0.2) is 0 Å². The van der Waals surface area contributed by atoms with Gasteiger partial charge < -0.3 is 23.9 Å². The highest BCUT2D eigenvalue weighted by molar-refractivity contribution is 5.95. The Bertz CT molecular complexity index is 1300. The number of para-hydroxylation sites is 1. The SMILES string of the molecule is C=C/C(OC)=C(\C=C/CCn1c(O)c(N=NC(=O)COc2cccc(C)c2)c2ccccc21)OCC. The number of hydrogen-bond acceptors (Lipinski definition) is 6. The maximum atomic E-state index is 12.2. The van der Waals surface area contributed by atoms with Crippen molar-refractivity contribution in [3.05, 3.63) is 90.4 Å². The van der Waals surface area contributed by atoms with Gasteiger partial charge in [0.25, 0.3) is 0 Å². The van der Waals surface area contributed by atoms with E-state index < -0.39 is 5.91 Å². The van der Waals surface area contributed by atoms with Gasteiger partial charge in [-0.15, -0.1) is 10.2 Å². The fraction of sp³-hybridized carbons (Fsp3) is 0.250. The molecule has 8 nitrogen and oxygen atoms in total. The zero-order chi connectivity index (χ0) is 25.9. The number of nitrogens with zero attached hydrogens (tertiary/aromatic N) is 3. The lowest BCUT2D eigenvalue weighted by Crippen LogP contribution is -2.07. The third kappa shape index (κ3) is 6.63. The van der Waals surface area contributed by atoms with Crippen molar-refractivity contribution in [3.8, 4) is 11.6 Å². The van der Waals surface area contributed by atoms with Crippen molar-refractivity contribution in [1.82, 2.24) is 4.57 Å². The summed E-state index contributed by atoms with van der Waals surface area (Å²) in [4.78, 5) is 12.2. The molecule has 0 bridgehead atoms. The molecule has 0 spiro atoms. The van der Waals surface area contributed by atoms with Crippen LogP contribution < -0.4 is 4.74 Å².